The van der Waals surface area contributed by atoms with Crippen LogP contribution in [0.5, 0.6) is 0 Å². The molecule has 3 heteroatoms. The van der Waals surface area contributed by atoms with Gasteiger partial charge >= 0.3 is 0 Å². The maximum atomic E-state index is 12.8. The summed E-state index contributed by atoms with van der Waals surface area (Å²) < 4.78 is 0. The molecule has 0 aromatic carbocycles. The van der Waals surface area contributed by atoms with Crippen molar-refractivity contribution >= 4 is 5.78 Å². The molecule has 9 atom stereocenters. The monoisotopic (exact) mass is 456 g/mol. The minimum Gasteiger partial charge on any atom is -0.396 e. The molecule has 5 aliphatic rings. The van der Waals surface area contributed by atoms with Crippen LogP contribution in [0, 0.1) is 50.7 Å². The quantitative estimate of drug-likeness (QED) is 0.460. The molecular formula is C30H48O3. The van der Waals surface area contributed by atoms with Crippen molar-refractivity contribution in [2.45, 2.75) is 111 Å². The van der Waals surface area contributed by atoms with Crippen molar-refractivity contribution in [1.82, 2.24) is 0 Å². The summed E-state index contributed by atoms with van der Waals surface area (Å²) in [7, 11) is 0. The SMILES string of the molecule is C=C(C)C(O)CCC(CO)C1CCC2(C)C3CCC4C(C)(C)C(=O)CCC45CC35CCC12C. The first-order chi connectivity index (χ1) is 15.4. The normalized spacial score (nSPS) is 49.3. The molecule has 5 fully saturated rings. The topological polar surface area (TPSA) is 57.5 Å². The highest BCUT2D eigenvalue weighted by atomic mass is 16.3. The predicted octanol–water partition coefficient (Wildman–Crippen LogP) is 6.32. The molecule has 0 radical (unpaired) electrons. The molecule has 5 saturated carbocycles. The maximum Gasteiger partial charge on any atom is 0.138 e. The third-order valence-corrected chi connectivity index (χ3v) is 13.1. The minimum atomic E-state index is -0.451. The fraction of sp³-hybridized carbons (Fsp3) is 0.900. The zero-order chi connectivity index (χ0) is 24.0. The molecule has 0 saturated heterocycles. The van der Waals surface area contributed by atoms with Gasteiger partial charge in [0.15, 0.2) is 0 Å². The van der Waals surface area contributed by atoms with Crippen molar-refractivity contribution in [1.29, 1.82) is 0 Å². The van der Waals surface area contributed by atoms with E-state index < -0.39 is 6.10 Å². The summed E-state index contributed by atoms with van der Waals surface area (Å²) in [4.78, 5) is 12.8. The Balaban J connectivity index is 1.41. The number of aliphatic hydroxyl groups is 2. The molecule has 9 unspecified atom stereocenters. The largest absolute Gasteiger partial charge is 0.396 e. The first-order valence-corrected chi connectivity index (χ1v) is 13.9. The Morgan fingerprint density at radius 1 is 0.970 bits per heavy atom. The highest BCUT2D eigenvalue weighted by Gasteiger charge is 2.82. The number of hydrogen-bond acceptors (Lipinski definition) is 3. The van der Waals surface area contributed by atoms with Crippen LogP contribution < -0.4 is 0 Å². The van der Waals surface area contributed by atoms with E-state index in [1.807, 2.05) is 6.92 Å². The molecule has 0 aromatic heterocycles. The number of hydrogen-bond donors (Lipinski definition) is 2. The Labute approximate surface area is 201 Å². The van der Waals surface area contributed by atoms with Crippen molar-refractivity contribution in [3.05, 3.63) is 12.2 Å². The molecule has 2 N–H and O–H groups in total. The van der Waals surface area contributed by atoms with E-state index in [4.69, 9.17) is 0 Å². The smallest absolute Gasteiger partial charge is 0.138 e. The summed E-state index contributed by atoms with van der Waals surface area (Å²) in [5.41, 5.74) is 2.19. The first-order valence-electron chi connectivity index (χ1n) is 13.9. The van der Waals surface area contributed by atoms with Gasteiger partial charge < -0.3 is 10.2 Å². The fourth-order valence-corrected chi connectivity index (χ4v) is 11.0. The van der Waals surface area contributed by atoms with Crippen LogP contribution >= 0.6 is 0 Å². The Hall–Kier alpha value is -0.670. The van der Waals surface area contributed by atoms with Gasteiger partial charge in [-0.15, -0.1) is 0 Å². The minimum absolute atomic E-state index is 0.140. The van der Waals surface area contributed by atoms with E-state index >= 15 is 0 Å². The molecule has 33 heavy (non-hydrogen) atoms. The highest BCUT2D eigenvalue weighted by molar-refractivity contribution is 5.86. The van der Waals surface area contributed by atoms with E-state index in [0.717, 1.165) is 30.8 Å². The van der Waals surface area contributed by atoms with Crippen molar-refractivity contribution in [2.24, 2.45) is 50.7 Å². The van der Waals surface area contributed by atoms with E-state index in [0.29, 0.717) is 40.3 Å². The highest BCUT2D eigenvalue weighted by Crippen LogP contribution is 2.88. The van der Waals surface area contributed by atoms with E-state index in [-0.39, 0.29) is 23.4 Å². The summed E-state index contributed by atoms with van der Waals surface area (Å²) in [6, 6.07) is 0. The summed E-state index contributed by atoms with van der Waals surface area (Å²) in [6.45, 7) is 15.7. The number of ketones is 1. The molecule has 0 amide bonds. The van der Waals surface area contributed by atoms with Gasteiger partial charge in [-0.3, -0.25) is 4.79 Å². The zero-order valence-electron chi connectivity index (χ0n) is 21.9. The van der Waals surface area contributed by atoms with Crippen LogP contribution in [0.25, 0.3) is 0 Å². The lowest BCUT2D eigenvalue weighted by Crippen LogP contribution is -2.57. The van der Waals surface area contributed by atoms with Crippen molar-refractivity contribution in [3.63, 3.8) is 0 Å². The van der Waals surface area contributed by atoms with E-state index in [9.17, 15) is 15.0 Å². The lowest BCUT2D eigenvalue weighted by molar-refractivity contribution is -0.157. The number of carbonyl (C=O) groups excluding carboxylic acids is 1. The summed E-state index contributed by atoms with van der Waals surface area (Å²) >= 11 is 0. The van der Waals surface area contributed by atoms with Gasteiger partial charge in [0, 0.05) is 18.4 Å². The molecule has 3 nitrogen and oxygen atoms in total. The van der Waals surface area contributed by atoms with Gasteiger partial charge in [-0.05, 0) is 116 Å². The number of rotatable bonds is 6. The van der Waals surface area contributed by atoms with E-state index in [1.54, 1.807) is 0 Å². The second-order valence-electron chi connectivity index (χ2n) is 14.2. The molecule has 0 bridgehead atoms. The van der Waals surface area contributed by atoms with Gasteiger partial charge in [0.05, 0.1) is 6.10 Å². The average molecular weight is 457 g/mol. The predicted molar refractivity (Wildman–Crippen MR) is 133 cm³/mol. The third kappa shape index (κ3) is 2.90. The van der Waals surface area contributed by atoms with Gasteiger partial charge in [-0.2, -0.15) is 0 Å². The van der Waals surface area contributed by atoms with E-state index in [2.05, 4.69) is 34.3 Å². The molecule has 5 rings (SSSR count). The number of carbonyl (C=O) groups is 1. The summed E-state index contributed by atoms with van der Waals surface area (Å²) in [5.74, 6) is 2.68. The Morgan fingerprint density at radius 2 is 1.64 bits per heavy atom. The lowest BCUT2D eigenvalue weighted by Gasteiger charge is -2.62. The second kappa shape index (κ2) is 7.42. The zero-order valence-corrected chi connectivity index (χ0v) is 21.9. The van der Waals surface area contributed by atoms with Crippen molar-refractivity contribution < 1.29 is 15.0 Å². The van der Waals surface area contributed by atoms with Crippen molar-refractivity contribution in [3.8, 4) is 0 Å². The maximum absolute atomic E-state index is 12.8. The molecule has 0 heterocycles. The van der Waals surface area contributed by atoms with Crippen LogP contribution in [0.1, 0.15) is 105 Å². The molecule has 0 aliphatic heterocycles. The molecular weight excluding hydrogens is 408 g/mol. The van der Waals surface area contributed by atoms with Crippen LogP contribution in [0.3, 0.4) is 0 Å². The Morgan fingerprint density at radius 3 is 2.30 bits per heavy atom. The summed E-state index contributed by atoms with van der Waals surface area (Å²) in [5, 5.41) is 20.7. The van der Waals surface area contributed by atoms with Gasteiger partial charge in [-0.25, -0.2) is 0 Å². The fourth-order valence-electron chi connectivity index (χ4n) is 11.0. The summed E-state index contributed by atoms with van der Waals surface area (Å²) in [6.07, 6.45) is 12.1. The Bertz CT molecular complexity index is 845. The van der Waals surface area contributed by atoms with Crippen LogP contribution in [0.15, 0.2) is 12.2 Å². The van der Waals surface area contributed by atoms with Gasteiger partial charge in [0.2, 0.25) is 0 Å². The average Bonchev–Trinajstić information content (AvgIpc) is 3.35. The van der Waals surface area contributed by atoms with Gasteiger partial charge in [0.1, 0.15) is 5.78 Å². The number of fused-ring (bicyclic) bond motifs is 2. The standard InChI is InChI=1S/C30H48O3/c1-19(2)22(32)8-7-20(17-31)21-11-13-28(6)24-10-9-23-26(3,4)25(33)12-14-29(23)18-30(24,29)16-15-27(21,28)5/h20-24,31-32H,1,7-18H2,2-6H3. The number of aliphatic hydroxyl groups excluding tert-OH is 2. The molecule has 0 aromatic rings. The first kappa shape index (κ1) is 24.0. The molecule has 186 valence electrons. The second-order valence-corrected chi connectivity index (χ2v) is 14.2. The number of Topliss-reactive ketones (excluding diaryl/α,β-unsaturated/α-hetero) is 1. The lowest BCUT2D eigenvalue weighted by atomic mass is 9.42. The van der Waals surface area contributed by atoms with E-state index in [1.165, 1.54) is 44.9 Å². The van der Waals surface area contributed by atoms with Crippen LogP contribution in [0.2, 0.25) is 0 Å². The molecule has 5 aliphatic carbocycles. The van der Waals surface area contributed by atoms with Crippen molar-refractivity contribution in [2.75, 3.05) is 6.61 Å². The van der Waals surface area contributed by atoms with Gasteiger partial charge in [0.25, 0.3) is 0 Å². The van der Waals surface area contributed by atoms with Gasteiger partial charge in [-0.1, -0.05) is 39.8 Å². The Kier molecular flexibility index (Phi) is 5.40. The van der Waals surface area contributed by atoms with Crippen LogP contribution in [-0.4, -0.2) is 28.7 Å². The van der Waals surface area contributed by atoms with Crippen LogP contribution in [0.4, 0.5) is 0 Å². The van der Waals surface area contributed by atoms with Crippen LogP contribution in [-0.2, 0) is 4.79 Å². The third-order valence-electron chi connectivity index (χ3n) is 13.1. The molecule has 2 spiro atoms.